The molecule has 7 heteroatoms. The van der Waals surface area contributed by atoms with Gasteiger partial charge in [-0.1, -0.05) is 20.8 Å². The molecule has 0 aromatic carbocycles. The zero-order chi connectivity index (χ0) is 19.3. The third kappa shape index (κ3) is 11.1. The molecule has 1 rings (SSSR count). The molecule has 0 aromatic rings. The van der Waals surface area contributed by atoms with Gasteiger partial charge in [-0.3, -0.25) is 4.99 Å². The number of halogens is 1. The van der Waals surface area contributed by atoms with E-state index in [0.717, 1.165) is 63.9 Å². The van der Waals surface area contributed by atoms with E-state index in [1.54, 1.807) is 0 Å². The molecule has 1 aliphatic heterocycles. The highest BCUT2D eigenvalue weighted by Crippen LogP contribution is 2.35. The zero-order valence-corrected chi connectivity index (χ0v) is 21.3. The quantitative estimate of drug-likeness (QED) is 0.235. The van der Waals surface area contributed by atoms with Crippen LogP contribution in [0.1, 0.15) is 60.3 Å². The molecule has 1 atom stereocenters. The van der Waals surface area contributed by atoms with E-state index >= 15 is 0 Å². The van der Waals surface area contributed by atoms with Crippen molar-refractivity contribution in [2.24, 2.45) is 4.99 Å². The van der Waals surface area contributed by atoms with Crippen molar-refractivity contribution < 1.29 is 4.74 Å². The van der Waals surface area contributed by atoms with Gasteiger partial charge in [0.1, 0.15) is 0 Å². The number of rotatable bonds is 12. The van der Waals surface area contributed by atoms with Gasteiger partial charge in [-0.2, -0.15) is 11.8 Å². The molecule has 1 fully saturated rings. The lowest BCUT2D eigenvalue weighted by molar-refractivity contribution is 0.0793. The van der Waals surface area contributed by atoms with Crippen LogP contribution in [-0.2, 0) is 4.74 Å². The lowest BCUT2D eigenvalue weighted by Gasteiger charge is -2.35. The zero-order valence-electron chi connectivity index (χ0n) is 18.2. The maximum absolute atomic E-state index is 5.57. The maximum Gasteiger partial charge on any atom is 0.191 e. The van der Waals surface area contributed by atoms with E-state index in [9.17, 15) is 0 Å². The summed E-state index contributed by atoms with van der Waals surface area (Å²) in [5, 5.41) is 7.03. The Kier molecular flexibility index (Phi) is 16.3. The lowest BCUT2D eigenvalue weighted by atomic mass is 9.99. The standard InChI is InChI=1S/C20H42N4OS.HI/c1-6-21-19(23-18(5)11-10-14-24(7-2)8-3)22-17-20(26-9-4)12-15-25-16-13-20;/h18H,6-17H2,1-5H3,(H2,21,22,23);1H. The van der Waals surface area contributed by atoms with Gasteiger partial charge in [0.05, 0.1) is 6.54 Å². The SMILES string of the molecule is CCNC(=NCC1(SCC)CCOCC1)NC(C)CCCN(CC)CC.I. The van der Waals surface area contributed by atoms with E-state index in [-0.39, 0.29) is 28.7 Å². The molecule has 5 nitrogen and oxygen atoms in total. The molecule has 0 radical (unpaired) electrons. The van der Waals surface area contributed by atoms with Crippen LogP contribution in [0.2, 0.25) is 0 Å². The minimum atomic E-state index is 0. The fourth-order valence-electron chi connectivity index (χ4n) is 3.41. The van der Waals surface area contributed by atoms with Crippen LogP contribution < -0.4 is 10.6 Å². The van der Waals surface area contributed by atoms with Crippen molar-refractivity contribution in [2.75, 3.05) is 51.7 Å². The molecule has 0 amide bonds. The highest BCUT2D eigenvalue weighted by Gasteiger charge is 2.32. The van der Waals surface area contributed by atoms with Crippen LogP contribution in [0, 0.1) is 0 Å². The Hall–Kier alpha value is 0.270. The Bertz CT molecular complexity index is 383. The number of nitrogens with zero attached hydrogens (tertiary/aromatic N) is 2. The van der Waals surface area contributed by atoms with Gasteiger partial charge in [0, 0.05) is 30.5 Å². The molecule has 0 saturated carbocycles. The number of hydrogen-bond acceptors (Lipinski definition) is 4. The summed E-state index contributed by atoms with van der Waals surface area (Å²) in [6.45, 7) is 18.1. The second kappa shape index (κ2) is 16.1. The molecule has 1 aliphatic rings. The summed E-state index contributed by atoms with van der Waals surface area (Å²) in [4.78, 5) is 7.44. The van der Waals surface area contributed by atoms with Crippen LogP contribution in [0.15, 0.2) is 4.99 Å². The highest BCUT2D eigenvalue weighted by atomic mass is 127. The molecule has 1 saturated heterocycles. The first kappa shape index (κ1) is 27.3. The normalized spacial score (nSPS) is 18.1. The minimum absolute atomic E-state index is 0. The van der Waals surface area contributed by atoms with Gasteiger partial charge in [0.2, 0.25) is 0 Å². The number of hydrogen-bond donors (Lipinski definition) is 2. The second-order valence-electron chi connectivity index (χ2n) is 7.14. The lowest BCUT2D eigenvalue weighted by Crippen LogP contribution is -2.44. The van der Waals surface area contributed by atoms with Crippen molar-refractivity contribution in [1.82, 2.24) is 15.5 Å². The first-order valence-electron chi connectivity index (χ1n) is 10.6. The van der Waals surface area contributed by atoms with E-state index in [1.165, 1.54) is 19.4 Å². The number of nitrogens with one attached hydrogen (secondary N) is 2. The van der Waals surface area contributed by atoms with Crippen molar-refractivity contribution >= 4 is 41.7 Å². The van der Waals surface area contributed by atoms with Crippen LogP contribution in [-0.4, -0.2) is 73.3 Å². The van der Waals surface area contributed by atoms with Gasteiger partial charge >= 0.3 is 0 Å². The van der Waals surface area contributed by atoms with Crippen molar-refractivity contribution in [1.29, 1.82) is 0 Å². The van der Waals surface area contributed by atoms with Crippen molar-refractivity contribution in [3.63, 3.8) is 0 Å². The van der Waals surface area contributed by atoms with Crippen molar-refractivity contribution in [2.45, 2.75) is 71.1 Å². The Morgan fingerprint density at radius 3 is 2.41 bits per heavy atom. The van der Waals surface area contributed by atoms with E-state index in [1.807, 2.05) is 0 Å². The van der Waals surface area contributed by atoms with E-state index in [0.29, 0.717) is 6.04 Å². The van der Waals surface area contributed by atoms with Gasteiger partial charge in [0.25, 0.3) is 0 Å². The third-order valence-electron chi connectivity index (χ3n) is 5.11. The topological polar surface area (TPSA) is 48.9 Å². The summed E-state index contributed by atoms with van der Waals surface area (Å²) >= 11 is 2.05. The van der Waals surface area contributed by atoms with Crippen molar-refractivity contribution in [3.8, 4) is 0 Å². The number of thioether (sulfide) groups is 1. The van der Waals surface area contributed by atoms with Crippen LogP contribution in [0.3, 0.4) is 0 Å². The first-order chi connectivity index (χ1) is 12.6. The average molecular weight is 515 g/mol. The Balaban J connectivity index is 0.00000676. The average Bonchev–Trinajstić information content (AvgIpc) is 2.65. The summed E-state index contributed by atoms with van der Waals surface area (Å²) in [6.07, 6.45) is 4.60. The van der Waals surface area contributed by atoms with Crippen LogP contribution >= 0.6 is 35.7 Å². The van der Waals surface area contributed by atoms with E-state index in [2.05, 4.69) is 61.9 Å². The largest absolute Gasteiger partial charge is 0.381 e. The molecule has 2 N–H and O–H groups in total. The summed E-state index contributed by atoms with van der Waals surface area (Å²) in [5.74, 6) is 2.10. The molecular weight excluding hydrogens is 471 g/mol. The van der Waals surface area contributed by atoms with Crippen LogP contribution in [0.5, 0.6) is 0 Å². The molecule has 1 unspecified atom stereocenters. The first-order valence-corrected chi connectivity index (χ1v) is 11.6. The Morgan fingerprint density at radius 2 is 1.85 bits per heavy atom. The van der Waals surface area contributed by atoms with E-state index < -0.39 is 0 Å². The highest BCUT2D eigenvalue weighted by molar-refractivity contribution is 14.0. The summed E-state index contributed by atoms with van der Waals surface area (Å²) < 4.78 is 5.83. The Labute approximate surface area is 189 Å². The number of ether oxygens (including phenoxy) is 1. The molecule has 1 heterocycles. The molecule has 162 valence electrons. The predicted molar refractivity (Wildman–Crippen MR) is 132 cm³/mol. The number of guanidine groups is 1. The molecule has 0 aliphatic carbocycles. The maximum atomic E-state index is 5.57. The molecule has 0 bridgehead atoms. The van der Waals surface area contributed by atoms with Crippen molar-refractivity contribution in [3.05, 3.63) is 0 Å². The van der Waals surface area contributed by atoms with Crippen LogP contribution in [0.4, 0.5) is 0 Å². The van der Waals surface area contributed by atoms with Gasteiger partial charge in [-0.05, 0) is 64.9 Å². The summed E-state index contributed by atoms with van der Waals surface area (Å²) in [5.41, 5.74) is 0. The molecule has 0 spiro atoms. The Morgan fingerprint density at radius 1 is 1.19 bits per heavy atom. The van der Waals surface area contributed by atoms with E-state index in [4.69, 9.17) is 9.73 Å². The molecular formula is C20H43IN4OS. The predicted octanol–water partition coefficient (Wildman–Crippen LogP) is 3.97. The van der Waals surface area contributed by atoms with Gasteiger partial charge < -0.3 is 20.3 Å². The number of aliphatic imine (C=N–C) groups is 1. The minimum Gasteiger partial charge on any atom is -0.381 e. The second-order valence-corrected chi connectivity index (χ2v) is 8.87. The molecule has 0 aromatic heterocycles. The van der Waals surface area contributed by atoms with Gasteiger partial charge in [-0.25, -0.2) is 0 Å². The summed E-state index contributed by atoms with van der Waals surface area (Å²) in [7, 11) is 0. The third-order valence-corrected chi connectivity index (χ3v) is 6.55. The van der Waals surface area contributed by atoms with Crippen LogP contribution in [0.25, 0.3) is 0 Å². The molecule has 27 heavy (non-hydrogen) atoms. The smallest absolute Gasteiger partial charge is 0.191 e. The van der Waals surface area contributed by atoms with Gasteiger partial charge in [-0.15, -0.1) is 24.0 Å². The van der Waals surface area contributed by atoms with Gasteiger partial charge in [0.15, 0.2) is 5.96 Å². The fourth-order valence-corrected chi connectivity index (χ4v) is 4.63. The summed E-state index contributed by atoms with van der Waals surface area (Å²) in [6, 6.07) is 0.438. The monoisotopic (exact) mass is 514 g/mol. The fraction of sp³-hybridized carbons (Fsp3) is 0.950.